The highest BCUT2D eigenvalue weighted by Crippen LogP contribution is 2.12. The van der Waals surface area contributed by atoms with E-state index in [1.54, 1.807) is 12.4 Å². The topological polar surface area (TPSA) is 85.1 Å². The van der Waals surface area contributed by atoms with Gasteiger partial charge in [-0.25, -0.2) is 4.79 Å². The number of nitrogens with zero attached hydrogens (tertiary/aromatic N) is 3. The molecule has 0 saturated heterocycles. The number of carboxylic acid groups (broad SMARTS) is 1. The van der Waals surface area contributed by atoms with E-state index >= 15 is 0 Å². The predicted molar refractivity (Wildman–Crippen MR) is 67.3 cm³/mol. The molecule has 19 heavy (non-hydrogen) atoms. The molecular weight excluding hydrogens is 246 g/mol. The molecule has 2 aromatic rings. The van der Waals surface area contributed by atoms with E-state index in [9.17, 15) is 9.59 Å². The van der Waals surface area contributed by atoms with Crippen molar-refractivity contribution >= 4 is 11.8 Å². The van der Waals surface area contributed by atoms with Crippen LogP contribution < -0.4 is 0 Å². The van der Waals surface area contributed by atoms with E-state index in [2.05, 4.69) is 9.97 Å². The van der Waals surface area contributed by atoms with Crippen molar-refractivity contribution in [2.75, 3.05) is 0 Å². The third-order valence-electron chi connectivity index (χ3n) is 2.69. The standard InChI is InChI=1S/C13H13N3O3/c1-8-4-15-11(5-14-8)7-16-6-10(9(2)17)3-12(16)13(18)19/h3-6H,7H2,1-2H3,(H,18,19). The van der Waals surface area contributed by atoms with Crippen LogP contribution in [0.1, 0.15) is 39.2 Å². The van der Waals surface area contributed by atoms with Crippen molar-refractivity contribution in [2.45, 2.75) is 20.4 Å². The van der Waals surface area contributed by atoms with Crippen molar-refractivity contribution in [3.8, 4) is 0 Å². The number of aryl methyl sites for hydroxylation is 1. The van der Waals surface area contributed by atoms with Gasteiger partial charge in [-0.2, -0.15) is 0 Å². The van der Waals surface area contributed by atoms with Crippen molar-refractivity contribution in [2.24, 2.45) is 0 Å². The van der Waals surface area contributed by atoms with Gasteiger partial charge < -0.3 is 9.67 Å². The summed E-state index contributed by atoms with van der Waals surface area (Å²) >= 11 is 0. The van der Waals surface area contributed by atoms with Gasteiger partial charge >= 0.3 is 5.97 Å². The number of rotatable bonds is 4. The molecule has 2 rings (SSSR count). The molecule has 0 fully saturated rings. The Morgan fingerprint density at radius 1 is 1.32 bits per heavy atom. The van der Waals surface area contributed by atoms with Crippen LogP contribution in [-0.4, -0.2) is 31.4 Å². The summed E-state index contributed by atoms with van der Waals surface area (Å²) in [6.45, 7) is 3.49. The summed E-state index contributed by atoms with van der Waals surface area (Å²) in [7, 11) is 0. The van der Waals surface area contributed by atoms with Crippen molar-refractivity contribution in [3.63, 3.8) is 0 Å². The monoisotopic (exact) mass is 259 g/mol. The van der Waals surface area contributed by atoms with Gasteiger partial charge in [-0.1, -0.05) is 0 Å². The summed E-state index contributed by atoms with van der Waals surface area (Å²) in [5.41, 5.74) is 1.86. The van der Waals surface area contributed by atoms with Gasteiger partial charge in [0, 0.05) is 18.0 Å². The molecule has 0 radical (unpaired) electrons. The van der Waals surface area contributed by atoms with Crippen molar-refractivity contribution in [1.82, 2.24) is 14.5 Å². The normalized spacial score (nSPS) is 10.4. The second-order valence-electron chi connectivity index (χ2n) is 4.25. The molecule has 6 nitrogen and oxygen atoms in total. The van der Waals surface area contributed by atoms with Gasteiger partial charge in [-0.3, -0.25) is 14.8 Å². The number of aromatic carboxylic acids is 1. The van der Waals surface area contributed by atoms with Gasteiger partial charge in [-0.15, -0.1) is 0 Å². The zero-order chi connectivity index (χ0) is 14.0. The molecule has 0 amide bonds. The van der Waals surface area contributed by atoms with E-state index in [4.69, 9.17) is 5.11 Å². The Kier molecular flexibility index (Phi) is 3.41. The van der Waals surface area contributed by atoms with Crippen LogP contribution in [0.2, 0.25) is 0 Å². The minimum absolute atomic E-state index is 0.0626. The fourth-order valence-electron chi connectivity index (χ4n) is 1.69. The molecule has 0 aliphatic rings. The smallest absolute Gasteiger partial charge is 0.352 e. The number of hydrogen-bond donors (Lipinski definition) is 1. The Labute approximate surface area is 109 Å². The maximum Gasteiger partial charge on any atom is 0.352 e. The first-order chi connectivity index (χ1) is 8.97. The molecule has 0 aliphatic heterocycles. The number of carbonyl (C=O) groups is 2. The molecule has 0 unspecified atom stereocenters. The number of hydrogen-bond acceptors (Lipinski definition) is 4. The molecule has 0 saturated carbocycles. The summed E-state index contributed by atoms with van der Waals surface area (Å²) in [4.78, 5) is 30.7. The van der Waals surface area contributed by atoms with Crippen LogP contribution in [0.5, 0.6) is 0 Å². The van der Waals surface area contributed by atoms with Crippen LogP contribution in [0.4, 0.5) is 0 Å². The first kappa shape index (κ1) is 12.9. The van der Waals surface area contributed by atoms with E-state index in [-0.39, 0.29) is 18.0 Å². The number of aromatic nitrogens is 3. The molecule has 6 heteroatoms. The summed E-state index contributed by atoms with van der Waals surface area (Å²) in [6.07, 6.45) is 4.73. The van der Waals surface area contributed by atoms with Gasteiger partial charge in [0.2, 0.25) is 0 Å². The van der Waals surface area contributed by atoms with E-state index in [0.29, 0.717) is 11.3 Å². The Hall–Kier alpha value is -2.50. The van der Waals surface area contributed by atoms with E-state index in [1.165, 1.54) is 23.8 Å². The average molecular weight is 259 g/mol. The van der Waals surface area contributed by atoms with Crippen molar-refractivity contribution < 1.29 is 14.7 Å². The molecule has 0 aromatic carbocycles. The first-order valence-electron chi connectivity index (χ1n) is 5.69. The van der Waals surface area contributed by atoms with Crippen molar-refractivity contribution in [3.05, 3.63) is 47.3 Å². The summed E-state index contributed by atoms with van der Waals surface area (Å²) in [6, 6.07) is 1.37. The van der Waals surface area contributed by atoms with Crippen LogP contribution in [-0.2, 0) is 6.54 Å². The quantitative estimate of drug-likeness (QED) is 0.842. The molecule has 0 atom stereocenters. The minimum atomic E-state index is -1.08. The van der Waals surface area contributed by atoms with Crippen LogP contribution in [0.3, 0.4) is 0 Å². The second-order valence-corrected chi connectivity index (χ2v) is 4.25. The van der Waals surface area contributed by atoms with E-state index in [1.807, 2.05) is 6.92 Å². The minimum Gasteiger partial charge on any atom is -0.477 e. The van der Waals surface area contributed by atoms with Gasteiger partial charge in [0.05, 0.1) is 24.1 Å². The third-order valence-corrected chi connectivity index (χ3v) is 2.69. The Balaban J connectivity index is 2.35. The summed E-state index contributed by atoms with van der Waals surface area (Å²) < 4.78 is 1.48. The number of ketones is 1. The molecule has 0 spiro atoms. The largest absolute Gasteiger partial charge is 0.477 e. The van der Waals surface area contributed by atoms with Gasteiger partial charge in [0.15, 0.2) is 5.78 Å². The lowest BCUT2D eigenvalue weighted by molar-refractivity contribution is 0.0685. The lowest BCUT2D eigenvalue weighted by Gasteiger charge is -2.05. The highest BCUT2D eigenvalue weighted by Gasteiger charge is 2.15. The van der Waals surface area contributed by atoms with Gasteiger partial charge in [0.1, 0.15) is 5.69 Å². The maximum atomic E-state index is 11.3. The fraction of sp³-hybridized carbons (Fsp3) is 0.231. The number of carboxylic acids is 1. The zero-order valence-corrected chi connectivity index (χ0v) is 10.6. The Morgan fingerprint density at radius 3 is 2.58 bits per heavy atom. The Morgan fingerprint density at radius 2 is 2.05 bits per heavy atom. The van der Waals surface area contributed by atoms with Crippen LogP contribution in [0.25, 0.3) is 0 Å². The maximum absolute atomic E-state index is 11.3. The summed E-state index contributed by atoms with van der Waals surface area (Å²) in [5, 5.41) is 9.11. The molecular formula is C13H13N3O3. The molecule has 1 N–H and O–H groups in total. The van der Waals surface area contributed by atoms with Gasteiger partial charge in [-0.05, 0) is 19.9 Å². The van der Waals surface area contributed by atoms with Crippen LogP contribution >= 0.6 is 0 Å². The average Bonchev–Trinajstić information content (AvgIpc) is 2.76. The van der Waals surface area contributed by atoms with Crippen LogP contribution in [0.15, 0.2) is 24.7 Å². The lowest BCUT2D eigenvalue weighted by atomic mass is 10.2. The highest BCUT2D eigenvalue weighted by atomic mass is 16.4. The molecule has 0 bridgehead atoms. The predicted octanol–water partition coefficient (Wildman–Crippen LogP) is 1.54. The molecule has 2 heterocycles. The zero-order valence-electron chi connectivity index (χ0n) is 10.6. The van der Waals surface area contributed by atoms with Crippen molar-refractivity contribution in [1.29, 1.82) is 0 Å². The second kappa shape index (κ2) is 5.01. The van der Waals surface area contributed by atoms with E-state index < -0.39 is 5.97 Å². The van der Waals surface area contributed by atoms with Crippen LogP contribution in [0, 0.1) is 6.92 Å². The third kappa shape index (κ3) is 2.85. The molecule has 98 valence electrons. The lowest BCUT2D eigenvalue weighted by Crippen LogP contribution is -2.09. The summed E-state index contributed by atoms with van der Waals surface area (Å²) in [5.74, 6) is -1.25. The highest BCUT2D eigenvalue weighted by molar-refractivity contribution is 5.97. The SMILES string of the molecule is CC(=O)c1cc(C(=O)O)n(Cc2cnc(C)cn2)c1. The number of carbonyl (C=O) groups excluding carboxylic acids is 1. The first-order valence-corrected chi connectivity index (χ1v) is 5.69. The Bertz CT molecular complexity index is 629. The van der Waals surface area contributed by atoms with E-state index in [0.717, 1.165) is 5.69 Å². The molecule has 0 aliphatic carbocycles. The molecule has 2 aromatic heterocycles. The number of Topliss-reactive ketones (excluding diaryl/α,β-unsaturated/α-hetero) is 1. The fourth-order valence-corrected chi connectivity index (χ4v) is 1.69. The van der Waals surface area contributed by atoms with Gasteiger partial charge in [0.25, 0.3) is 0 Å².